The molecule has 0 aliphatic rings. The van der Waals surface area contributed by atoms with Crippen molar-refractivity contribution in [3.63, 3.8) is 0 Å². The van der Waals surface area contributed by atoms with Crippen molar-refractivity contribution in [1.82, 2.24) is 10.3 Å². The highest BCUT2D eigenvalue weighted by Gasteiger charge is 2.17. The zero-order valence-electron chi connectivity index (χ0n) is 13.4. The van der Waals surface area contributed by atoms with E-state index in [1.165, 1.54) is 12.3 Å². The molecule has 23 heavy (non-hydrogen) atoms. The van der Waals surface area contributed by atoms with E-state index in [2.05, 4.69) is 10.3 Å². The van der Waals surface area contributed by atoms with Gasteiger partial charge in [-0.05, 0) is 30.5 Å². The third kappa shape index (κ3) is 3.59. The van der Waals surface area contributed by atoms with Crippen molar-refractivity contribution >= 4 is 16.8 Å². The standard InChI is InChI=1S/C17H21FN2O3/c1-4-9(2)14(21)8-20-17(23)13-7-19-15-10(3)5-11(18)6-12(15)16(13)22/h5-7,9,14,21H,4,8H2,1-3H3,(H,19,22)(H,20,23). The number of benzene rings is 1. The molecule has 124 valence electrons. The van der Waals surface area contributed by atoms with Crippen LogP contribution in [0.3, 0.4) is 0 Å². The third-order valence-corrected chi connectivity index (χ3v) is 4.17. The summed E-state index contributed by atoms with van der Waals surface area (Å²) in [5.41, 5.74) is 0.472. The molecule has 0 radical (unpaired) electrons. The number of aromatic nitrogens is 1. The molecule has 1 aromatic carbocycles. The molecule has 3 N–H and O–H groups in total. The molecule has 0 saturated carbocycles. The maximum Gasteiger partial charge on any atom is 0.256 e. The average Bonchev–Trinajstić information content (AvgIpc) is 2.52. The van der Waals surface area contributed by atoms with Crippen LogP contribution in [-0.4, -0.2) is 28.6 Å². The van der Waals surface area contributed by atoms with E-state index >= 15 is 0 Å². The number of aliphatic hydroxyl groups excluding tert-OH is 1. The lowest BCUT2D eigenvalue weighted by Gasteiger charge is -2.17. The highest BCUT2D eigenvalue weighted by atomic mass is 19.1. The van der Waals surface area contributed by atoms with E-state index in [4.69, 9.17) is 0 Å². The van der Waals surface area contributed by atoms with Crippen LogP contribution >= 0.6 is 0 Å². The molecule has 1 amide bonds. The van der Waals surface area contributed by atoms with E-state index in [1.54, 1.807) is 6.92 Å². The molecule has 0 saturated heterocycles. The van der Waals surface area contributed by atoms with Gasteiger partial charge >= 0.3 is 0 Å². The Kier molecular flexibility index (Phi) is 5.15. The number of aryl methyl sites for hydroxylation is 1. The van der Waals surface area contributed by atoms with Crippen LogP contribution in [0.1, 0.15) is 36.2 Å². The monoisotopic (exact) mass is 320 g/mol. The highest BCUT2D eigenvalue weighted by Crippen LogP contribution is 2.15. The quantitative estimate of drug-likeness (QED) is 0.789. The minimum atomic E-state index is -0.678. The van der Waals surface area contributed by atoms with Gasteiger partial charge in [0.15, 0.2) is 0 Å². The molecular weight excluding hydrogens is 299 g/mol. The number of aromatic amines is 1. The molecule has 5 nitrogen and oxygen atoms in total. The predicted octanol–water partition coefficient (Wildman–Crippen LogP) is 2.11. The average molecular weight is 320 g/mol. The van der Waals surface area contributed by atoms with Crippen LogP contribution in [-0.2, 0) is 0 Å². The zero-order chi connectivity index (χ0) is 17.1. The molecule has 1 aromatic heterocycles. The van der Waals surface area contributed by atoms with Gasteiger partial charge in [-0.1, -0.05) is 20.3 Å². The second-order valence-corrected chi connectivity index (χ2v) is 5.84. The number of carbonyl (C=O) groups excluding carboxylic acids is 1. The molecule has 0 spiro atoms. The molecule has 0 bridgehead atoms. The molecule has 1 heterocycles. The van der Waals surface area contributed by atoms with E-state index in [0.29, 0.717) is 11.1 Å². The number of fused-ring (bicyclic) bond motifs is 1. The fraction of sp³-hybridized carbons (Fsp3) is 0.412. The Morgan fingerprint density at radius 3 is 2.78 bits per heavy atom. The third-order valence-electron chi connectivity index (χ3n) is 4.17. The van der Waals surface area contributed by atoms with Gasteiger partial charge in [0.25, 0.3) is 5.91 Å². The van der Waals surface area contributed by atoms with Gasteiger partial charge in [0.2, 0.25) is 5.43 Å². The van der Waals surface area contributed by atoms with Gasteiger partial charge < -0.3 is 15.4 Å². The van der Waals surface area contributed by atoms with Gasteiger partial charge in [0, 0.05) is 18.1 Å². The van der Waals surface area contributed by atoms with Crippen molar-refractivity contribution in [2.45, 2.75) is 33.3 Å². The first-order valence-electron chi connectivity index (χ1n) is 7.63. The zero-order valence-corrected chi connectivity index (χ0v) is 13.4. The van der Waals surface area contributed by atoms with Crippen molar-refractivity contribution in [1.29, 1.82) is 0 Å². The maximum absolute atomic E-state index is 13.5. The number of amides is 1. The molecule has 2 atom stereocenters. The number of nitrogens with one attached hydrogen (secondary N) is 2. The fourth-order valence-corrected chi connectivity index (χ4v) is 2.40. The minimum absolute atomic E-state index is 0.0435. The van der Waals surface area contributed by atoms with Crippen molar-refractivity contribution in [2.24, 2.45) is 5.92 Å². The number of carbonyl (C=O) groups is 1. The summed E-state index contributed by atoms with van der Waals surface area (Å²) < 4.78 is 13.5. The lowest BCUT2D eigenvalue weighted by molar-refractivity contribution is 0.0849. The molecule has 0 aliphatic heterocycles. The van der Waals surface area contributed by atoms with E-state index in [1.807, 2.05) is 13.8 Å². The summed E-state index contributed by atoms with van der Waals surface area (Å²) in [6, 6.07) is 2.44. The summed E-state index contributed by atoms with van der Waals surface area (Å²) >= 11 is 0. The summed E-state index contributed by atoms with van der Waals surface area (Å²) in [5.74, 6) is -1.07. The topological polar surface area (TPSA) is 82.2 Å². The summed E-state index contributed by atoms with van der Waals surface area (Å²) in [5, 5.41) is 12.6. The first-order valence-corrected chi connectivity index (χ1v) is 7.63. The van der Waals surface area contributed by atoms with Crippen LogP contribution in [0.15, 0.2) is 23.1 Å². The highest BCUT2D eigenvalue weighted by molar-refractivity contribution is 5.97. The Hall–Kier alpha value is -2.21. The fourth-order valence-electron chi connectivity index (χ4n) is 2.40. The van der Waals surface area contributed by atoms with Gasteiger partial charge in [-0.3, -0.25) is 9.59 Å². The SMILES string of the molecule is CCC(C)C(O)CNC(=O)c1c[nH]c2c(C)cc(F)cc2c1=O. The normalized spacial score (nSPS) is 13.8. The first kappa shape index (κ1) is 17.1. The van der Waals surface area contributed by atoms with Gasteiger partial charge in [0.05, 0.1) is 11.6 Å². The van der Waals surface area contributed by atoms with Crippen molar-refractivity contribution < 1.29 is 14.3 Å². The number of aliphatic hydroxyl groups is 1. The van der Waals surface area contributed by atoms with E-state index in [0.717, 1.165) is 12.5 Å². The Morgan fingerprint density at radius 1 is 1.43 bits per heavy atom. The molecule has 2 unspecified atom stereocenters. The number of halogens is 1. The molecule has 6 heteroatoms. The van der Waals surface area contributed by atoms with Crippen molar-refractivity contribution in [2.75, 3.05) is 6.54 Å². The largest absolute Gasteiger partial charge is 0.391 e. The van der Waals surface area contributed by atoms with Gasteiger partial charge in [0.1, 0.15) is 11.4 Å². The number of hydrogen-bond acceptors (Lipinski definition) is 3. The summed E-state index contributed by atoms with van der Waals surface area (Å²) in [4.78, 5) is 27.4. The molecule has 2 rings (SSSR count). The van der Waals surface area contributed by atoms with Crippen LogP contribution in [0.4, 0.5) is 4.39 Å². The maximum atomic E-state index is 13.5. The first-order chi connectivity index (χ1) is 10.8. The Balaban J connectivity index is 2.28. The summed E-state index contributed by atoms with van der Waals surface area (Å²) in [6.45, 7) is 5.57. The second kappa shape index (κ2) is 6.91. The minimum Gasteiger partial charge on any atom is -0.391 e. The Labute approximate surface area is 133 Å². The van der Waals surface area contributed by atoms with Crippen molar-refractivity contribution in [3.05, 3.63) is 45.5 Å². The van der Waals surface area contributed by atoms with E-state index in [-0.39, 0.29) is 23.4 Å². The lowest BCUT2D eigenvalue weighted by atomic mass is 10.0. The summed E-state index contributed by atoms with van der Waals surface area (Å²) in [6.07, 6.45) is 1.43. The van der Waals surface area contributed by atoms with Gasteiger partial charge in [-0.15, -0.1) is 0 Å². The van der Waals surface area contributed by atoms with Gasteiger partial charge in [-0.25, -0.2) is 4.39 Å². The smallest absolute Gasteiger partial charge is 0.256 e. The number of pyridine rings is 1. The molecular formula is C17H21FN2O3. The van der Waals surface area contributed by atoms with E-state index < -0.39 is 23.3 Å². The Bertz CT molecular complexity index is 785. The Morgan fingerprint density at radius 2 is 2.13 bits per heavy atom. The van der Waals surface area contributed by atoms with Crippen LogP contribution in [0.25, 0.3) is 10.9 Å². The lowest BCUT2D eigenvalue weighted by Crippen LogP contribution is -2.37. The number of rotatable bonds is 5. The number of H-pyrrole nitrogens is 1. The summed E-state index contributed by atoms with van der Waals surface area (Å²) in [7, 11) is 0. The molecule has 0 fully saturated rings. The predicted molar refractivity (Wildman–Crippen MR) is 87.1 cm³/mol. The van der Waals surface area contributed by atoms with Gasteiger partial charge in [-0.2, -0.15) is 0 Å². The molecule has 0 aliphatic carbocycles. The molecule has 2 aromatic rings. The van der Waals surface area contributed by atoms with Crippen LogP contribution in [0, 0.1) is 18.7 Å². The van der Waals surface area contributed by atoms with E-state index in [9.17, 15) is 19.1 Å². The van der Waals surface area contributed by atoms with Crippen molar-refractivity contribution in [3.8, 4) is 0 Å². The number of hydrogen-bond donors (Lipinski definition) is 3. The van der Waals surface area contributed by atoms with Crippen LogP contribution < -0.4 is 10.7 Å². The van der Waals surface area contributed by atoms with Crippen LogP contribution in [0.2, 0.25) is 0 Å². The van der Waals surface area contributed by atoms with Crippen LogP contribution in [0.5, 0.6) is 0 Å². The second-order valence-electron chi connectivity index (χ2n) is 5.84.